The van der Waals surface area contributed by atoms with E-state index in [-0.39, 0.29) is 23.1 Å². The molecule has 2 heterocycles. The minimum Gasteiger partial charge on any atom is -0.481 e. The van der Waals surface area contributed by atoms with Crippen LogP contribution in [-0.4, -0.2) is 53.7 Å². The number of hydrogen-bond donors (Lipinski definition) is 2. The van der Waals surface area contributed by atoms with E-state index in [9.17, 15) is 23.9 Å². The molecule has 8 nitrogen and oxygen atoms in total. The van der Waals surface area contributed by atoms with Gasteiger partial charge in [-0.05, 0) is 37.3 Å². The van der Waals surface area contributed by atoms with E-state index in [0.717, 1.165) is 6.07 Å². The van der Waals surface area contributed by atoms with Gasteiger partial charge in [-0.1, -0.05) is 11.6 Å². The zero-order valence-corrected chi connectivity index (χ0v) is 18.3. The van der Waals surface area contributed by atoms with Gasteiger partial charge in [-0.3, -0.25) is 9.59 Å². The van der Waals surface area contributed by atoms with Crippen LogP contribution in [0.3, 0.4) is 0 Å². The molecule has 172 valence electrons. The standard InChI is InChI=1S/C23H20ClFN2O6/c1-12(22(29)27-7-6-26-19(11-27)23(30)31)32-14-3-5-16-17(10-21(28)33-20(16)9-14)15-4-2-13(25)8-18(15)24/h2-5,8-10,12,19,26H,6-7,11H2,1H3,(H,30,31)/t12-,19-/m1/s1. The van der Waals surface area contributed by atoms with Crippen molar-refractivity contribution < 1.29 is 28.2 Å². The molecule has 1 aliphatic rings. The van der Waals surface area contributed by atoms with Crippen LogP contribution in [-0.2, 0) is 9.59 Å². The van der Waals surface area contributed by atoms with Gasteiger partial charge in [-0.25, -0.2) is 9.18 Å². The number of benzene rings is 2. The van der Waals surface area contributed by atoms with Crippen LogP contribution in [0.5, 0.6) is 5.75 Å². The molecule has 1 aliphatic heterocycles. The van der Waals surface area contributed by atoms with Gasteiger partial charge in [-0.2, -0.15) is 0 Å². The molecule has 0 saturated carbocycles. The number of amides is 1. The molecule has 1 fully saturated rings. The van der Waals surface area contributed by atoms with E-state index < -0.39 is 29.6 Å². The van der Waals surface area contributed by atoms with Crippen molar-refractivity contribution in [1.82, 2.24) is 10.2 Å². The summed E-state index contributed by atoms with van der Waals surface area (Å²) in [5.74, 6) is -1.58. The number of aliphatic carboxylic acids is 1. The number of halogens is 2. The molecule has 1 amide bonds. The minimum atomic E-state index is -1.03. The van der Waals surface area contributed by atoms with Crippen LogP contribution in [0.1, 0.15) is 6.92 Å². The molecule has 10 heteroatoms. The van der Waals surface area contributed by atoms with E-state index in [1.54, 1.807) is 19.1 Å². The molecule has 1 aromatic heterocycles. The highest BCUT2D eigenvalue weighted by Gasteiger charge is 2.30. The number of ether oxygens (including phenoxy) is 1. The molecule has 2 N–H and O–H groups in total. The first-order chi connectivity index (χ1) is 15.7. The Morgan fingerprint density at radius 2 is 2.03 bits per heavy atom. The lowest BCUT2D eigenvalue weighted by Crippen LogP contribution is -2.57. The summed E-state index contributed by atoms with van der Waals surface area (Å²) in [6, 6.07) is 9.09. The SMILES string of the molecule is C[C@@H](Oc1ccc2c(-c3ccc(F)cc3Cl)cc(=O)oc2c1)C(=O)N1CCN[C@@H](C(=O)O)C1. The fourth-order valence-electron chi connectivity index (χ4n) is 3.77. The maximum atomic E-state index is 13.4. The smallest absolute Gasteiger partial charge is 0.336 e. The van der Waals surface area contributed by atoms with E-state index in [0.29, 0.717) is 35.4 Å². The molecule has 0 radical (unpaired) electrons. The summed E-state index contributed by atoms with van der Waals surface area (Å²) < 4.78 is 24.5. The lowest BCUT2D eigenvalue weighted by atomic mass is 10.0. The second kappa shape index (κ2) is 9.21. The third-order valence-electron chi connectivity index (χ3n) is 5.38. The van der Waals surface area contributed by atoms with Crippen molar-refractivity contribution in [2.24, 2.45) is 0 Å². The van der Waals surface area contributed by atoms with Crippen molar-refractivity contribution in [3.63, 3.8) is 0 Å². The summed E-state index contributed by atoms with van der Waals surface area (Å²) >= 11 is 6.17. The Balaban J connectivity index is 1.59. The average molecular weight is 475 g/mol. The zero-order chi connectivity index (χ0) is 23.7. The zero-order valence-electron chi connectivity index (χ0n) is 17.5. The average Bonchev–Trinajstić information content (AvgIpc) is 2.78. The lowest BCUT2D eigenvalue weighted by Gasteiger charge is -2.33. The third-order valence-corrected chi connectivity index (χ3v) is 5.70. The predicted octanol–water partition coefficient (Wildman–Crippen LogP) is 2.90. The number of hydrogen-bond acceptors (Lipinski definition) is 6. The molecule has 0 bridgehead atoms. The van der Waals surface area contributed by atoms with Crippen molar-refractivity contribution in [1.29, 1.82) is 0 Å². The van der Waals surface area contributed by atoms with Gasteiger partial charge in [0, 0.05) is 48.3 Å². The Hall–Kier alpha value is -3.43. The Morgan fingerprint density at radius 1 is 1.24 bits per heavy atom. The topological polar surface area (TPSA) is 109 Å². The van der Waals surface area contributed by atoms with Crippen molar-refractivity contribution in [2.75, 3.05) is 19.6 Å². The first-order valence-electron chi connectivity index (χ1n) is 10.2. The van der Waals surface area contributed by atoms with Crippen LogP contribution >= 0.6 is 11.6 Å². The largest absolute Gasteiger partial charge is 0.481 e. The summed E-state index contributed by atoms with van der Waals surface area (Å²) in [4.78, 5) is 37.6. The van der Waals surface area contributed by atoms with Crippen LogP contribution < -0.4 is 15.7 Å². The quantitative estimate of drug-likeness (QED) is 0.547. The number of piperazine rings is 1. The van der Waals surface area contributed by atoms with Gasteiger partial charge in [-0.15, -0.1) is 0 Å². The maximum absolute atomic E-state index is 13.4. The number of carboxylic acids is 1. The van der Waals surface area contributed by atoms with Gasteiger partial charge in [0.2, 0.25) is 0 Å². The first-order valence-corrected chi connectivity index (χ1v) is 10.6. The van der Waals surface area contributed by atoms with Crippen molar-refractivity contribution in [3.05, 3.63) is 63.7 Å². The van der Waals surface area contributed by atoms with Crippen LogP contribution in [0.25, 0.3) is 22.1 Å². The van der Waals surface area contributed by atoms with Crippen molar-refractivity contribution in [3.8, 4) is 16.9 Å². The van der Waals surface area contributed by atoms with Gasteiger partial charge in [0.25, 0.3) is 5.91 Å². The van der Waals surface area contributed by atoms with Crippen molar-refractivity contribution in [2.45, 2.75) is 19.1 Å². The number of carboxylic acid groups (broad SMARTS) is 1. The Morgan fingerprint density at radius 3 is 2.76 bits per heavy atom. The summed E-state index contributed by atoms with van der Waals surface area (Å²) in [5.41, 5.74) is 0.533. The lowest BCUT2D eigenvalue weighted by molar-refractivity contribution is -0.145. The highest BCUT2D eigenvalue weighted by atomic mass is 35.5. The van der Waals surface area contributed by atoms with Crippen LogP contribution in [0.15, 0.2) is 51.7 Å². The first kappa shape index (κ1) is 22.8. The van der Waals surface area contributed by atoms with Crippen molar-refractivity contribution >= 4 is 34.4 Å². The number of nitrogens with zero attached hydrogens (tertiary/aromatic N) is 1. The minimum absolute atomic E-state index is 0.0379. The molecule has 4 rings (SSSR count). The fraction of sp³-hybridized carbons (Fsp3) is 0.261. The van der Waals surface area contributed by atoms with E-state index in [1.807, 2.05) is 0 Å². The molecule has 1 saturated heterocycles. The molecular formula is C23H20ClFN2O6. The summed E-state index contributed by atoms with van der Waals surface area (Å²) in [5, 5.41) is 12.7. The number of rotatable bonds is 5. The monoisotopic (exact) mass is 474 g/mol. The van der Waals surface area contributed by atoms with E-state index in [4.69, 9.17) is 20.8 Å². The molecule has 33 heavy (non-hydrogen) atoms. The van der Waals surface area contributed by atoms with Crippen LogP contribution in [0.2, 0.25) is 5.02 Å². The molecule has 3 aromatic rings. The van der Waals surface area contributed by atoms with Gasteiger partial charge in [0.15, 0.2) is 6.10 Å². The fourth-order valence-corrected chi connectivity index (χ4v) is 4.04. The van der Waals surface area contributed by atoms with E-state index >= 15 is 0 Å². The third kappa shape index (κ3) is 4.84. The van der Waals surface area contributed by atoms with Gasteiger partial charge >= 0.3 is 11.6 Å². The van der Waals surface area contributed by atoms with Gasteiger partial charge < -0.3 is 24.5 Å². The molecule has 0 aliphatic carbocycles. The highest BCUT2D eigenvalue weighted by Crippen LogP contribution is 2.34. The van der Waals surface area contributed by atoms with E-state index in [2.05, 4.69) is 5.32 Å². The normalized spacial score (nSPS) is 17.1. The van der Waals surface area contributed by atoms with Crippen LogP contribution in [0.4, 0.5) is 4.39 Å². The second-order valence-electron chi connectivity index (χ2n) is 7.65. The number of fused-ring (bicyclic) bond motifs is 1. The Labute approximate surface area is 192 Å². The summed E-state index contributed by atoms with van der Waals surface area (Å²) in [6.07, 6.45) is -0.892. The Kier molecular flexibility index (Phi) is 6.35. The number of nitrogens with one attached hydrogen (secondary N) is 1. The second-order valence-corrected chi connectivity index (χ2v) is 8.06. The van der Waals surface area contributed by atoms with Gasteiger partial charge in [0.1, 0.15) is 23.2 Å². The number of carbonyl (C=O) groups excluding carboxylic acids is 1. The molecule has 2 aromatic carbocycles. The Bertz CT molecular complexity index is 1290. The van der Waals surface area contributed by atoms with Gasteiger partial charge in [0.05, 0.1) is 5.02 Å². The highest BCUT2D eigenvalue weighted by molar-refractivity contribution is 6.33. The number of carbonyl (C=O) groups is 2. The summed E-state index contributed by atoms with van der Waals surface area (Å²) in [6.45, 7) is 2.33. The molecule has 2 atom stereocenters. The molecule has 0 unspecified atom stereocenters. The van der Waals surface area contributed by atoms with Crippen LogP contribution in [0, 0.1) is 5.82 Å². The molecule has 0 spiro atoms. The maximum Gasteiger partial charge on any atom is 0.336 e. The predicted molar refractivity (Wildman–Crippen MR) is 119 cm³/mol. The summed E-state index contributed by atoms with van der Waals surface area (Å²) in [7, 11) is 0. The van der Waals surface area contributed by atoms with E-state index in [1.165, 1.54) is 29.2 Å². The molecular weight excluding hydrogens is 455 g/mol.